The molecular formula is C14H20F2N2O2S. The molecule has 0 bridgehead atoms. The van der Waals surface area contributed by atoms with Crippen molar-refractivity contribution in [3.8, 4) is 0 Å². The molecule has 0 saturated carbocycles. The molecule has 118 valence electrons. The van der Waals surface area contributed by atoms with Crippen LogP contribution in [-0.2, 0) is 10.0 Å². The molecule has 1 fully saturated rings. The molecule has 0 radical (unpaired) electrons. The second kappa shape index (κ2) is 6.81. The van der Waals surface area contributed by atoms with E-state index in [4.69, 9.17) is 0 Å². The number of sulfonamides is 1. The Morgan fingerprint density at radius 3 is 2.81 bits per heavy atom. The van der Waals surface area contributed by atoms with Crippen LogP contribution in [0, 0.1) is 11.6 Å². The van der Waals surface area contributed by atoms with Gasteiger partial charge in [0.25, 0.3) is 0 Å². The quantitative estimate of drug-likeness (QED) is 0.905. The second-order valence-electron chi connectivity index (χ2n) is 5.23. The van der Waals surface area contributed by atoms with Crippen molar-refractivity contribution in [1.82, 2.24) is 9.62 Å². The van der Waals surface area contributed by atoms with Crippen LogP contribution < -0.4 is 5.32 Å². The van der Waals surface area contributed by atoms with Crippen molar-refractivity contribution < 1.29 is 17.2 Å². The van der Waals surface area contributed by atoms with Crippen LogP contribution in [-0.4, -0.2) is 38.4 Å². The predicted octanol–water partition coefficient (Wildman–Crippen LogP) is 2.12. The van der Waals surface area contributed by atoms with Crippen molar-refractivity contribution in [3.05, 3.63) is 29.8 Å². The first kappa shape index (κ1) is 16.3. The standard InChI is InChI=1S/C14H20F2N2O2S/c1-2-7-17-12-4-3-8-18(10-12)21(19,20)14-6-5-11(15)9-13(14)16/h5-6,9,12,17H,2-4,7-8,10H2,1H3. The summed E-state index contributed by atoms with van der Waals surface area (Å²) in [5.41, 5.74) is 0. The van der Waals surface area contributed by atoms with Crippen LogP contribution in [0.3, 0.4) is 0 Å². The Morgan fingerprint density at radius 2 is 2.14 bits per heavy atom. The lowest BCUT2D eigenvalue weighted by molar-refractivity contribution is 0.283. The molecule has 1 aromatic rings. The van der Waals surface area contributed by atoms with Gasteiger partial charge < -0.3 is 5.32 Å². The predicted molar refractivity (Wildman–Crippen MR) is 76.4 cm³/mol. The number of nitrogens with zero attached hydrogens (tertiary/aromatic N) is 1. The summed E-state index contributed by atoms with van der Waals surface area (Å²) in [5, 5.41) is 3.29. The van der Waals surface area contributed by atoms with Gasteiger partial charge in [-0.25, -0.2) is 17.2 Å². The maximum Gasteiger partial charge on any atom is 0.246 e. The zero-order valence-electron chi connectivity index (χ0n) is 12.0. The summed E-state index contributed by atoms with van der Waals surface area (Å²) in [4.78, 5) is -0.458. The lowest BCUT2D eigenvalue weighted by Gasteiger charge is -2.32. The average Bonchev–Trinajstić information content (AvgIpc) is 2.45. The zero-order chi connectivity index (χ0) is 15.5. The van der Waals surface area contributed by atoms with E-state index in [-0.39, 0.29) is 6.04 Å². The minimum Gasteiger partial charge on any atom is -0.313 e. The van der Waals surface area contributed by atoms with E-state index in [9.17, 15) is 17.2 Å². The van der Waals surface area contributed by atoms with Crippen LogP contribution in [0.4, 0.5) is 8.78 Å². The highest BCUT2D eigenvalue weighted by Crippen LogP contribution is 2.23. The van der Waals surface area contributed by atoms with Gasteiger partial charge in [-0.3, -0.25) is 0 Å². The van der Waals surface area contributed by atoms with Crippen LogP contribution in [0.15, 0.2) is 23.1 Å². The first-order chi connectivity index (χ1) is 9.95. The van der Waals surface area contributed by atoms with Crippen LogP contribution in [0.25, 0.3) is 0 Å². The number of nitrogens with one attached hydrogen (secondary N) is 1. The number of piperidine rings is 1. The fraction of sp³-hybridized carbons (Fsp3) is 0.571. The Morgan fingerprint density at radius 1 is 1.38 bits per heavy atom. The summed E-state index contributed by atoms with van der Waals surface area (Å²) in [6.07, 6.45) is 2.59. The van der Waals surface area contributed by atoms with Gasteiger partial charge >= 0.3 is 0 Å². The van der Waals surface area contributed by atoms with Crippen molar-refractivity contribution in [1.29, 1.82) is 0 Å². The molecule has 1 atom stereocenters. The molecule has 1 aliphatic heterocycles. The third-order valence-corrected chi connectivity index (χ3v) is 5.48. The van der Waals surface area contributed by atoms with E-state index in [1.54, 1.807) is 0 Å². The summed E-state index contributed by atoms with van der Waals surface area (Å²) in [6.45, 7) is 3.55. The highest BCUT2D eigenvalue weighted by Gasteiger charge is 2.31. The van der Waals surface area contributed by atoms with Gasteiger partial charge in [-0.05, 0) is 37.9 Å². The van der Waals surface area contributed by atoms with Crippen LogP contribution in [0.5, 0.6) is 0 Å². The topological polar surface area (TPSA) is 49.4 Å². The molecule has 1 saturated heterocycles. The Bertz CT molecular complexity index is 593. The number of benzene rings is 1. The molecule has 1 unspecified atom stereocenters. The van der Waals surface area contributed by atoms with Gasteiger partial charge in [-0.15, -0.1) is 0 Å². The van der Waals surface area contributed by atoms with Gasteiger partial charge in [0.05, 0.1) is 0 Å². The average molecular weight is 318 g/mol. The molecule has 4 nitrogen and oxygen atoms in total. The summed E-state index contributed by atoms with van der Waals surface area (Å²) in [5.74, 6) is -1.83. The van der Waals surface area contributed by atoms with Crippen molar-refractivity contribution >= 4 is 10.0 Å². The van der Waals surface area contributed by atoms with E-state index < -0.39 is 26.6 Å². The number of halogens is 2. The number of hydrogen-bond donors (Lipinski definition) is 1. The van der Waals surface area contributed by atoms with E-state index in [1.165, 1.54) is 4.31 Å². The normalized spacial score (nSPS) is 20.6. The van der Waals surface area contributed by atoms with Gasteiger partial charge in [0.1, 0.15) is 16.5 Å². The van der Waals surface area contributed by atoms with E-state index in [0.29, 0.717) is 19.2 Å². The monoisotopic (exact) mass is 318 g/mol. The molecule has 7 heteroatoms. The van der Waals surface area contributed by atoms with Crippen molar-refractivity contribution in [2.45, 2.75) is 37.1 Å². The lowest BCUT2D eigenvalue weighted by Crippen LogP contribution is -2.48. The van der Waals surface area contributed by atoms with Gasteiger partial charge in [0.15, 0.2) is 0 Å². The van der Waals surface area contributed by atoms with Crippen LogP contribution in [0.2, 0.25) is 0 Å². The molecule has 1 heterocycles. The van der Waals surface area contributed by atoms with E-state index in [1.807, 2.05) is 6.92 Å². The molecule has 0 aliphatic carbocycles. The highest BCUT2D eigenvalue weighted by atomic mass is 32.2. The largest absolute Gasteiger partial charge is 0.313 e. The lowest BCUT2D eigenvalue weighted by atomic mass is 10.1. The smallest absolute Gasteiger partial charge is 0.246 e. The third-order valence-electron chi connectivity index (χ3n) is 3.58. The van der Waals surface area contributed by atoms with Gasteiger partial charge in [0, 0.05) is 25.2 Å². The molecule has 2 rings (SSSR count). The molecule has 1 aliphatic rings. The first-order valence-electron chi connectivity index (χ1n) is 7.13. The maximum absolute atomic E-state index is 13.7. The molecule has 0 amide bonds. The van der Waals surface area contributed by atoms with Crippen LogP contribution in [0.1, 0.15) is 26.2 Å². The Kier molecular flexibility index (Phi) is 5.29. The zero-order valence-corrected chi connectivity index (χ0v) is 12.8. The fourth-order valence-electron chi connectivity index (χ4n) is 2.50. The minimum atomic E-state index is -3.92. The summed E-state index contributed by atoms with van der Waals surface area (Å²) in [6, 6.07) is 2.64. The van der Waals surface area contributed by atoms with Crippen molar-refractivity contribution in [3.63, 3.8) is 0 Å². The summed E-state index contributed by atoms with van der Waals surface area (Å²) >= 11 is 0. The van der Waals surface area contributed by atoms with E-state index in [0.717, 1.165) is 37.9 Å². The van der Waals surface area contributed by atoms with Crippen molar-refractivity contribution in [2.24, 2.45) is 0 Å². The molecule has 21 heavy (non-hydrogen) atoms. The van der Waals surface area contributed by atoms with E-state index >= 15 is 0 Å². The Labute approximate surface area is 124 Å². The van der Waals surface area contributed by atoms with Gasteiger partial charge in [-0.2, -0.15) is 4.31 Å². The maximum atomic E-state index is 13.7. The third kappa shape index (κ3) is 3.78. The Hall–Kier alpha value is -1.05. The SMILES string of the molecule is CCCNC1CCCN(S(=O)(=O)c2ccc(F)cc2F)C1. The molecule has 0 aromatic heterocycles. The number of rotatable bonds is 5. The first-order valence-corrected chi connectivity index (χ1v) is 8.57. The fourth-order valence-corrected chi connectivity index (χ4v) is 4.07. The summed E-state index contributed by atoms with van der Waals surface area (Å²) < 4.78 is 52.9. The molecule has 0 spiro atoms. The Balaban J connectivity index is 2.18. The molecule has 1 aromatic carbocycles. The van der Waals surface area contributed by atoms with Gasteiger partial charge in [0.2, 0.25) is 10.0 Å². The summed E-state index contributed by atoms with van der Waals surface area (Å²) in [7, 11) is -3.92. The second-order valence-corrected chi connectivity index (χ2v) is 7.14. The van der Waals surface area contributed by atoms with E-state index in [2.05, 4.69) is 5.32 Å². The van der Waals surface area contributed by atoms with Gasteiger partial charge in [-0.1, -0.05) is 6.92 Å². The molecule has 1 N–H and O–H groups in total. The molecular weight excluding hydrogens is 298 g/mol. The van der Waals surface area contributed by atoms with Crippen LogP contribution >= 0.6 is 0 Å². The minimum absolute atomic E-state index is 0.0805. The number of hydrogen-bond acceptors (Lipinski definition) is 3. The van der Waals surface area contributed by atoms with Crippen molar-refractivity contribution in [2.75, 3.05) is 19.6 Å². The highest BCUT2D eigenvalue weighted by molar-refractivity contribution is 7.89.